The highest BCUT2D eigenvalue weighted by Gasteiger charge is 2.21. The zero-order valence-corrected chi connectivity index (χ0v) is 11.7. The van der Waals surface area contributed by atoms with E-state index in [1.54, 1.807) is 0 Å². The maximum atomic E-state index is 5.92. The van der Waals surface area contributed by atoms with Crippen LogP contribution in [0.1, 0.15) is 5.69 Å². The van der Waals surface area contributed by atoms with Gasteiger partial charge in [0.1, 0.15) is 0 Å². The third-order valence-electron chi connectivity index (χ3n) is 3.47. The van der Waals surface area contributed by atoms with Gasteiger partial charge in [-0.05, 0) is 19.1 Å². The summed E-state index contributed by atoms with van der Waals surface area (Å²) in [5.41, 5.74) is 3.33. The predicted molar refractivity (Wildman–Crippen MR) is 79.2 cm³/mol. The number of nitrogens with zero attached hydrogens (tertiary/aromatic N) is 2. The maximum Gasteiger partial charge on any atom is 0.0885 e. The van der Waals surface area contributed by atoms with Crippen molar-refractivity contribution in [2.24, 2.45) is 0 Å². The van der Waals surface area contributed by atoms with Crippen LogP contribution in [0.3, 0.4) is 0 Å². The molecule has 0 radical (unpaired) electrons. The smallest absolute Gasteiger partial charge is 0.0885 e. The highest BCUT2D eigenvalue weighted by Crippen LogP contribution is 2.28. The Morgan fingerprint density at radius 1 is 1.42 bits per heavy atom. The van der Waals surface area contributed by atoms with Crippen molar-refractivity contribution in [3.05, 3.63) is 36.0 Å². The number of fused-ring (bicyclic) bond motifs is 1. The van der Waals surface area contributed by atoms with Crippen molar-refractivity contribution in [3.63, 3.8) is 0 Å². The number of hydrogen-bond acceptors (Lipinski definition) is 3. The van der Waals surface area contributed by atoms with Gasteiger partial charge in [-0.3, -0.25) is 4.98 Å². The third kappa shape index (κ3) is 2.53. The molecule has 1 aromatic heterocycles. The monoisotopic (exact) mass is 276 g/mol. The fourth-order valence-corrected chi connectivity index (χ4v) is 2.77. The number of rotatable bonds is 2. The summed E-state index contributed by atoms with van der Waals surface area (Å²) in [6, 6.07) is 10.4. The molecule has 2 aromatic rings. The Morgan fingerprint density at radius 3 is 3.11 bits per heavy atom. The summed E-state index contributed by atoms with van der Waals surface area (Å²) in [7, 11) is 0. The summed E-state index contributed by atoms with van der Waals surface area (Å²) in [4.78, 5) is 6.94. The topological polar surface area (TPSA) is 25.4 Å². The number of halogens is 1. The number of hydrogen-bond donors (Lipinski definition) is 0. The van der Waals surface area contributed by atoms with Gasteiger partial charge >= 0.3 is 0 Å². The van der Waals surface area contributed by atoms with E-state index in [0.29, 0.717) is 5.88 Å². The summed E-state index contributed by atoms with van der Waals surface area (Å²) in [6.45, 7) is 4.51. The standard InChI is InChI=1S/C15H17ClN2O/c1-11-8-15(13-4-2-3-5-14(13)17-11)18-6-7-19-12(9-16)10-18/h2-5,8,12H,6-7,9-10H2,1H3. The number of anilines is 1. The Hall–Kier alpha value is -1.32. The Bertz CT molecular complexity index is 587. The van der Waals surface area contributed by atoms with Crippen molar-refractivity contribution in [1.29, 1.82) is 0 Å². The largest absolute Gasteiger partial charge is 0.373 e. The molecular formula is C15H17ClN2O. The first-order valence-corrected chi connectivity index (χ1v) is 7.10. The van der Waals surface area contributed by atoms with Crippen molar-refractivity contribution in [1.82, 2.24) is 4.98 Å². The molecule has 1 aliphatic heterocycles. The van der Waals surface area contributed by atoms with Gasteiger partial charge in [-0.2, -0.15) is 0 Å². The van der Waals surface area contributed by atoms with E-state index in [0.717, 1.165) is 30.9 Å². The molecule has 1 saturated heterocycles. The third-order valence-corrected chi connectivity index (χ3v) is 3.82. The van der Waals surface area contributed by atoms with Crippen LogP contribution in [0.5, 0.6) is 0 Å². The predicted octanol–water partition coefficient (Wildman–Crippen LogP) is 2.99. The maximum absolute atomic E-state index is 5.92. The first kappa shape index (κ1) is 12.7. The summed E-state index contributed by atoms with van der Waals surface area (Å²) < 4.78 is 5.63. The SMILES string of the molecule is Cc1cc(N2CCOC(CCl)C2)c2ccccc2n1. The molecule has 0 N–H and O–H groups in total. The lowest BCUT2D eigenvalue weighted by Crippen LogP contribution is -2.43. The molecule has 3 rings (SSSR count). The van der Waals surface area contributed by atoms with Crippen LogP contribution in [0.25, 0.3) is 10.9 Å². The molecule has 19 heavy (non-hydrogen) atoms. The molecule has 4 heteroatoms. The Balaban J connectivity index is 2.03. The fraction of sp³-hybridized carbons (Fsp3) is 0.400. The molecule has 0 saturated carbocycles. The highest BCUT2D eigenvalue weighted by atomic mass is 35.5. The number of morpholine rings is 1. The van der Waals surface area contributed by atoms with E-state index in [2.05, 4.69) is 34.1 Å². The van der Waals surface area contributed by atoms with Crippen molar-refractivity contribution >= 4 is 28.2 Å². The van der Waals surface area contributed by atoms with Gasteiger partial charge in [0.05, 0.1) is 24.1 Å². The van der Waals surface area contributed by atoms with E-state index in [9.17, 15) is 0 Å². The molecule has 1 fully saturated rings. The number of pyridine rings is 1. The van der Waals surface area contributed by atoms with Gasteiger partial charge in [0.2, 0.25) is 0 Å². The second-order valence-corrected chi connectivity index (χ2v) is 5.20. The normalized spacial score (nSPS) is 19.9. The van der Waals surface area contributed by atoms with Crippen molar-refractivity contribution in [2.45, 2.75) is 13.0 Å². The minimum absolute atomic E-state index is 0.114. The quantitative estimate of drug-likeness (QED) is 0.789. The average Bonchev–Trinajstić information content (AvgIpc) is 2.46. The summed E-state index contributed by atoms with van der Waals surface area (Å²) in [6.07, 6.45) is 0.114. The molecule has 1 atom stereocenters. The molecule has 3 nitrogen and oxygen atoms in total. The van der Waals surface area contributed by atoms with Crippen molar-refractivity contribution in [3.8, 4) is 0 Å². The fourth-order valence-electron chi connectivity index (χ4n) is 2.58. The molecule has 0 spiro atoms. The van der Waals surface area contributed by atoms with Crippen LogP contribution in [-0.4, -0.2) is 36.7 Å². The zero-order chi connectivity index (χ0) is 13.2. The Morgan fingerprint density at radius 2 is 2.26 bits per heavy atom. The molecule has 1 aromatic carbocycles. The lowest BCUT2D eigenvalue weighted by atomic mass is 10.1. The van der Waals surface area contributed by atoms with Crippen molar-refractivity contribution < 1.29 is 4.74 Å². The average molecular weight is 277 g/mol. The summed E-state index contributed by atoms with van der Waals surface area (Å²) in [5, 5.41) is 1.20. The number of para-hydroxylation sites is 1. The number of alkyl halides is 1. The van der Waals surface area contributed by atoms with Crippen LogP contribution in [0, 0.1) is 6.92 Å². The highest BCUT2D eigenvalue weighted by molar-refractivity contribution is 6.18. The molecule has 0 amide bonds. The van der Waals surface area contributed by atoms with Crippen LogP contribution in [-0.2, 0) is 4.74 Å². The first-order valence-electron chi connectivity index (χ1n) is 6.57. The summed E-state index contributed by atoms with van der Waals surface area (Å²) in [5.74, 6) is 0.540. The van der Waals surface area contributed by atoms with Gasteiger partial charge in [0.15, 0.2) is 0 Å². The Kier molecular flexibility index (Phi) is 3.58. The number of benzene rings is 1. The number of aryl methyl sites for hydroxylation is 1. The van der Waals surface area contributed by atoms with Gasteiger partial charge in [-0.1, -0.05) is 18.2 Å². The van der Waals surface area contributed by atoms with E-state index < -0.39 is 0 Å². The molecular weight excluding hydrogens is 260 g/mol. The first-order chi connectivity index (χ1) is 9.28. The molecule has 0 aliphatic carbocycles. The van der Waals surface area contributed by atoms with Gasteiger partial charge < -0.3 is 9.64 Å². The van der Waals surface area contributed by atoms with E-state index >= 15 is 0 Å². The lowest BCUT2D eigenvalue weighted by molar-refractivity contribution is 0.0555. The molecule has 1 aliphatic rings. The molecule has 1 unspecified atom stereocenters. The second kappa shape index (κ2) is 5.35. The van der Waals surface area contributed by atoms with Gasteiger partial charge in [0, 0.05) is 29.9 Å². The van der Waals surface area contributed by atoms with Crippen LogP contribution < -0.4 is 4.90 Å². The minimum atomic E-state index is 0.114. The zero-order valence-electron chi connectivity index (χ0n) is 11.0. The molecule has 2 heterocycles. The van der Waals surface area contributed by atoms with E-state index in [4.69, 9.17) is 16.3 Å². The van der Waals surface area contributed by atoms with Crippen LogP contribution >= 0.6 is 11.6 Å². The van der Waals surface area contributed by atoms with Crippen LogP contribution in [0.2, 0.25) is 0 Å². The molecule has 0 bridgehead atoms. The summed E-state index contributed by atoms with van der Waals surface area (Å²) >= 11 is 5.92. The number of aromatic nitrogens is 1. The van der Waals surface area contributed by atoms with Crippen LogP contribution in [0.4, 0.5) is 5.69 Å². The van der Waals surface area contributed by atoms with E-state index in [1.807, 2.05) is 13.0 Å². The van der Waals surface area contributed by atoms with Gasteiger partial charge in [-0.15, -0.1) is 11.6 Å². The minimum Gasteiger partial charge on any atom is -0.373 e. The second-order valence-electron chi connectivity index (χ2n) is 4.89. The van der Waals surface area contributed by atoms with E-state index in [-0.39, 0.29) is 6.10 Å². The van der Waals surface area contributed by atoms with Crippen molar-refractivity contribution in [2.75, 3.05) is 30.5 Å². The van der Waals surface area contributed by atoms with Crippen LogP contribution in [0.15, 0.2) is 30.3 Å². The number of ether oxygens (including phenoxy) is 1. The van der Waals surface area contributed by atoms with Gasteiger partial charge in [-0.25, -0.2) is 0 Å². The lowest BCUT2D eigenvalue weighted by Gasteiger charge is -2.34. The molecule has 100 valence electrons. The Labute approximate surface area is 118 Å². The van der Waals surface area contributed by atoms with E-state index in [1.165, 1.54) is 11.1 Å². The van der Waals surface area contributed by atoms with Gasteiger partial charge in [0.25, 0.3) is 0 Å².